The number of H-pyrrole nitrogens is 1. The molecule has 4 N–H and O–H groups in total. The highest BCUT2D eigenvalue weighted by molar-refractivity contribution is 5.55. The minimum Gasteiger partial charge on any atom is -0.376 e. The summed E-state index contributed by atoms with van der Waals surface area (Å²) in [5.74, 6) is 6.54. The molecule has 0 atom stereocenters. The zero-order valence-electron chi connectivity index (χ0n) is 8.97. The molecule has 1 aliphatic heterocycles. The predicted molar refractivity (Wildman–Crippen MR) is 58.6 cm³/mol. The number of hydrogen-bond donors (Lipinski definition) is 3. The SMILES string of the molecule is NNc1nc(-c2cn[nH]n2)nc2c1COCC2. The van der Waals surface area contributed by atoms with E-state index in [-0.39, 0.29) is 0 Å². The van der Waals surface area contributed by atoms with Crippen molar-refractivity contribution in [2.75, 3.05) is 12.0 Å². The lowest BCUT2D eigenvalue weighted by atomic mass is 10.1. The molecule has 0 bridgehead atoms. The van der Waals surface area contributed by atoms with Crippen LogP contribution in [0.25, 0.3) is 11.5 Å². The largest absolute Gasteiger partial charge is 0.376 e. The van der Waals surface area contributed by atoms with E-state index in [1.54, 1.807) is 6.20 Å². The number of fused-ring (bicyclic) bond motifs is 1. The van der Waals surface area contributed by atoms with Crippen molar-refractivity contribution in [3.8, 4) is 11.5 Å². The Hall–Kier alpha value is -2.06. The molecule has 0 amide bonds. The first kappa shape index (κ1) is 10.1. The van der Waals surface area contributed by atoms with Crippen LogP contribution in [0.4, 0.5) is 5.82 Å². The molecule has 2 aromatic rings. The van der Waals surface area contributed by atoms with E-state index >= 15 is 0 Å². The topological polar surface area (TPSA) is 115 Å². The molecule has 0 aliphatic carbocycles. The van der Waals surface area contributed by atoms with Crippen molar-refractivity contribution in [2.45, 2.75) is 13.0 Å². The van der Waals surface area contributed by atoms with Crippen molar-refractivity contribution in [1.82, 2.24) is 25.4 Å². The summed E-state index contributed by atoms with van der Waals surface area (Å²) in [6, 6.07) is 0. The Morgan fingerprint density at radius 2 is 2.35 bits per heavy atom. The van der Waals surface area contributed by atoms with Crippen molar-refractivity contribution >= 4 is 5.82 Å². The third-order valence-corrected chi connectivity index (χ3v) is 2.60. The number of aromatic amines is 1. The molecule has 0 unspecified atom stereocenters. The van der Waals surface area contributed by atoms with Gasteiger partial charge in [-0.25, -0.2) is 15.8 Å². The Balaban J connectivity index is 2.12. The lowest BCUT2D eigenvalue weighted by molar-refractivity contribution is 0.109. The van der Waals surface area contributed by atoms with Gasteiger partial charge in [0.2, 0.25) is 0 Å². The quantitative estimate of drug-likeness (QED) is 0.478. The number of ether oxygens (including phenoxy) is 1. The van der Waals surface area contributed by atoms with E-state index < -0.39 is 0 Å². The number of rotatable bonds is 2. The second kappa shape index (κ2) is 4.07. The van der Waals surface area contributed by atoms with Crippen LogP contribution in [0.15, 0.2) is 6.20 Å². The van der Waals surface area contributed by atoms with E-state index in [2.05, 4.69) is 30.8 Å². The zero-order chi connectivity index (χ0) is 11.7. The summed E-state index contributed by atoms with van der Waals surface area (Å²) in [6.07, 6.45) is 2.32. The molecule has 3 heterocycles. The van der Waals surface area contributed by atoms with Gasteiger partial charge in [0.1, 0.15) is 11.5 Å². The highest BCUT2D eigenvalue weighted by Crippen LogP contribution is 2.24. The molecule has 8 nitrogen and oxygen atoms in total. The Labute approximate surface area is 96.6 Å². The Morgan fingerprint density at radius 1 is 1.41 bits per heavy atom. The first-order valence-corrected chi connectivity index (χ1v) is 5.19. The van der Waals surface area contributed by atoms with Crippen molar-refractivity contribution < 1.29 is 4.74 Å². The first-order valence-electron chi connectivity index (χ1n) is 5.19. The zero-order valence-corrected chi connectivity index (χ0v) is 8.97. The second-order valence-corrected chi connectivity index (χ2v) is 3.62. The number of nitrogens with two attached hydrogens (primary N) is 1. The molecule has 3 rings (SSSR count). The van der Waals surface area contributed by atoms with Gasteiger partial charge in [-0.2, -0.15) is 15.4 Å². The molecular weight excluding hydrogens is 222 g/mol. The fourth-order valence-corrected chi connectivity index (χ4v) is 1.78. The average Bonchev–Trinajstić information content (AvgIpc) is 2.91. The van der Waals surface area contributed by atoms with Crippen LogP contribution in [0, 0.1) is 0 Å². The van der Waals surface area contributed by atoms with Crippen LogP contribution in [0.2, 0.25) is 0 Å². The first-order chi connectivity index (χ1) is 8.38. The van der Waals surface area contributed by atoms with Gasteiger partial charge in [-0.15, -0.1) is 0 Å². The molecule has 88 valence electrons. The predicted octanol–water partition coefficient (Wildman–Crippen LogP) is -0.380. The molecule has 0 saturated carbocycles. The summed E-state index contributed by atoms with van der Waals surface area (Å²) in [7, 11) is 0. The number of hydrogen-bond acceptors (Lipinski definition) is 7. The van der Waals surface area contributed by atoms with Crippen LogP contribution in [0.1, 0.15) is 11.3 Å². The van der Waals surface area contributed by atoms with Crippen molar-refractivity contribution in [3.05, 3.63) is 17.5 Å². The van der Waals surface area contributed by atoms with Gasteiger partial charge in [0, 0.05) is 12.0 Å². The Kier molecular flexibility index (Phi) is 2.42. The van der Waals surface area contributed by atoms with Gasteiger partial charge in [0.25, 0.3) is 0 Å². The fourth-order valence-electron chi connectivity index (χ4n) is 1.78. The molecule has 2 aromatic heterocycles. The second-order valence-electron chi connectivity index (χ2n) is 3.62. The van der Waals surface area contributed by atoms with Gasteiger partial charge in [-0.05, 0) is 0 Å². The minimum absolute atomic E-state index is 0.480. The summed E-state index contributed by atoms with van der Waals surface area (Å²) in [6.45, 7) is 1.14. The van der Waals surface area contributed by atoms with Gasteiger partial charge < -0.3 is 10.2 Å². The maximum atomic E-state index is 5.46. The molecule has 0 radical (unpaired) electrons. The van der Waals surface area contributed by atoms with Crippen molar-refractivity contribution in [2.24, 2.45) is 5.84 Å². The van der Waals surface area contributed by atoms with Crippen molar-refractivity contribution in [3.63, 3.8) is 0 Å². The van der Waals surface area contributed by atoms with Crippen LogP contribution in [-0.2, 0) is 17.8 Å². The van der Waals surface area contributed by atoms with E-state index in [1.807, 2.05) is 0 Å². The van der Waals surface area contributed by atoms with Crippen LogP contribution in [0.5, 0.6) is 0 Å². The maximum Gasteiger partial charge on any atom is 0.184 e. The number of aromatic nitrogens is 5. The van der Waals surface area contributed by atoms with Crippen LogP contribution >= 0.6 is 0 Å². The van der Waals surface area contributed by atoms with E-state index in [1.165, 1.54) is 0 Å². The minimum atomic E-state index is 0.480. The number of nitrogen functional groups attached to an aromatic ring is 1. The maximum absolute atomic E-state index is 5.46. The molecule has 0 fully saturated rings. The summed E-state index contributed by atoms with van der Waals surface area (Å²) < 4.78 is 5.36. The van der Waals surface area contributed by atoms with E-state index in [0.29, 0.717) is 30.5 Å². The normalized spacial score (nSPS) is 14.4. The summed E-state index contributed by atoms with van der Waals surface area (Å²) >= 11 is 0. The highest BCUT2D eigenvalue weighted by Gasteiger charge is 2.19. The molecule has 0 spiro atoms. The molecule has 17 heavy (non-hydrogen) atoms. The third kappa shape index (κ3) is 1.73. The van der Waals surface area contributed by atoms with Crippen molar-refractivity contribution in [1.29, 1.82) is 0 Å². The van der Waals surface area contributed by atoms with E-state index in [4.69, 9.17) is 10.6 Å². The summed E-state index contributed by atoms with van der Waals surface area (Å²) in [5.41, 5.74) is 5.01. The van der Waals surface area contributed by atoms with Crippen LogP contribution in [-0.4, -0.2) is 32.0 Å². The molecule has 0 saturated heterocycles. The van der Waals surface area contributed by atoms with Crippen LogP contribution < -0.4 is 11.3 Å². The molecule has 0 aromatic carbocycles. The number of nitrogens with zero attached hydrogens (tertiary/aromatic N) is 4. The average molecular weight is 233 g/mol. The number of anilines is 1. The van der Waals surface area contributed by atoms with E-state index in [0.717, 1.165) is 17.7 Å². The summed E-state index contributed by atoms with van der Waals surface area (Å²) in [4.78, 5) is 8.75. The molecule has 8 heteroatoms. The Morgan fingerprint density at radius 3 is 3.12 bits per heavy atom. The van der Waals surface area contributed by atoms with Gasteiger partial charge in [0.15, 0.2) is 5.82 Å². The number of nitrogens with one attached hydrogen (secondary N) is 2. The molecule has 1 aliphatic rings. The van der Waals surface area contributed by atoms with Crippen LogP contribution in [0.3, 0.4) is 0 Å². The summed E-state index contributed by atoms with van der Waals surface area (Å²) in [5, 5.41) is 10.2. The van der Waals surface area contributed by atoms with Gasteiger partial charge in [-0.1, -0.05) is 0 Å². The standard InChI is InChI=1S/C9H11N7O/c10-14-8-5-4-17-2-1-6(5)12-9(13-8)7-3-11-16-15-7/h3H,1-2,4,10H2,(H,11,15,16)(H,12,13,14). The Bertz CT molecular complexity index is 507. The smallest absolute Gasteiger partial charge is 0.184 e. The van der Waals surface area contributed by atoms with Gasteiger partial charge in [-0.3, -0.25) is 0 Å². The number of hydrazine groups is 1. The van der Waals surface area contributed by atoms with Gasteiger partial charge >= 0.3 is 0 Å². The van der Waals surface area contributed by atoms with E-state index in [9.17, 15) is 0 Å². The highest BCUT2D eigenvalue weighted by atomic mass is 16.5. The van der Waals surface area contributed by atoms with Gasteiger partial charge in [0.05, 0.1) is 25.1 Å². The third-order valence-electron chi connectivity index (χ3n) is 2.60. The monoisotopic (exact) mass is 233 g/mol. The lowest BCUT2D eigenvalue weighted by Crippen LogP contribution is -2.19. The lowest BCUT2D eigenvalue weighted by Gasteiger charge is -2.18. The molecular formula is C9H11N7O. The fraction of sp³-hybridized carbons (Fsp3) is 0.333.